The Bertz CT molecular complexity index is 339. The smallest absolute Gasteiger partial charge is 0.239 e. The quantitative estimate of drug-likeness (QED) is 0.597. The lowest BCUT2D eigenvalue weighted by Crippen LogP contribution is -2.13. The number of aryl methyl sites for hydroxylation is 1. The van der Waals surface area contributed by atoms with E-state index in [1.165, 1.54) is 6.07 Å². The van der Waals surface area contributed by atoms with Crippen LogP contribution in [-0.2, 0) is 11.2 Å². The highest BCUT2D eigenvalue weighted by molar-refractivity contribution is 6.29. The van der Waals surface area contributed by atoms with E-state index >= 15 is 0 Å². The van der Waals surface area contributed by atoms with Crippen molar-refractivity contribution in [2.75, 3.05) is 11.2 Å². The van der Waals surface area contributed by atoms with Crippen LogP contribution in [0, 0.1) is 0 Å². The summed E-state index contributed by atoms with van der Waals surface area (Å²) in [5.41, 5.74) is 1.60. The average molecular weight is 214 g/mol. The first-order valence-corrected chi connectivity index (χ1v) is 4.88. The molecule has 0 aliphatic carbocycles. The van der Waals surface area contributed by atoms with Gasteiger partial charge in [0.15, 0.2) is 0 Å². The lowest BCUT2D eigenvalue weighted by molar-refractivity contribution is -0.113. The lowest BCUT2D eigenvalue weighted by atomic mass is 10.1. The maximum atomic E-state index is 11.0. The molecule has 0 radical (unpaired) electrons. The van der Waals surface area contributed by atoms with Crippen LogP contribution in [0.5, 0.6) is 5.75 Å². The number of hydrogen-bond donors (Lipinski definition) is 2. The molecule has 14 heavy (non-hydrogen) atoms. The van der Waals surface area contributed by atoms with Gasteiger partial charge in [0.05, 0.1) is 0 Å². The van der Waals surface area contributed by atoms with Gasteiger partial charge in [-0.2, -0.15) is 0 Å². The van der Waals surface area contributed by atoms with E-state index in [0.717, 1.165) is 12.0 Å². The summed E-state index contributed by atoms with van der Waals surface area (Å²) in [5, 5.41) is 11.9. The number of phenolic OH excluding ortho intramolecular Hbond substituents is 1. The zero-order valence-corrected chi connectivity index (χ0v) is 8.64. The number of benzene rings is 1. The van der Waals surface area contributed by atoms with E-state index in [4.69, 9.17) is 11.6 Å². The van der Waals surface area contributed by atoms with Crippen molar-refractivity contribution in [3.63, 3.8) is 0 Å². The number of hydrogen-bond acceptors (Lipinski definition) is 2. The van der Waals surface area contributed by atoms with Gasteiger partial charge in [-0.1, -0.05) is 6.92 Å². The Kier molecular flexibility index (Phi) is 3.77. The topological polar surface area (TPSA) is 49.3 Å². The Morgan fingerprint density at radius 2 is 2.29 bits per heavy atom. The van der Waals surface area contributed by atoms with E-state index in [1.54, 1.807) is 12.1 Å². The molecule has 0 saturated heterocycles. The fourth-order valence-electron chi connectivity index (χ4n) is 1.18. The molecule has 1 aromatic rings. The van der Waals surface area contributed by atoms with Crippen LogP contribution >= 0.6 is 11.6 Å². The second-order valence-corrected chi connectivity index (χ2v) is 3.14. The van der Waals surface area contributed by atoms with Crippen molar-refractivity contribution >= 4 is 23.2 Å². The normalized spacial score (nSPS) is 9.86. The number of carbonyl (C=O) groups excluding carboxylic acids is 1. The third-order valence-electron chi connectivity index (χ3n) is 1.87. The number of rotatable bonds is 3. The molecule has 0 fully saturated rings. The van der Waals surface area contributed by atoms with Crippen molar-refractivity contribution in [3.8, 4) is 5.75 Å². The summed E-state index contributed by atoms with van der Waals surface area (Å²) in [6.07, 6.45) is 0.742. The Hall–Kier alpha value is -1.22. The zero-order valence-electron chi connectivity index (χ0n) is 7.88. The van der Waals surface area contributed by atoms with Crippen LogP contribution in [0.1, 0.15) is 12.5 Å². The van der Waals surface area contributed by atoms with Gasteiger partial charge in [-0.25, -0.2) is 0 Å². The number of amides is 1. The van der Waals surface area contributed by atoms with Crippen LogP contribution in [-0.4, -0.2) is 16.9 Å². The summed E-state index contributed by atoms with van der Waals surface area (Å²) in [5.74, 6) is -0.109. The molecule has 0 bridgehead atoms. The van der Waals surface area contributed by atoms with Crippen LogP contribution in [0.4, 0.5) is 5.69 Å². The SMILES string of the molecule is CCc1cc(O)ccc1NC(=O)CCl. The molecule has 1 rings (SSSR count). The minimum Gasteiger partial charge on any atom is -0.508 e. The van der Waals surface area contributed by atoms with Crippen LogP contribution in [0.2, 0.25) is 0 Å². The van der Waals surface area contributed by atoms with Crippen LogP contribution in [0.15, 0.2) is 18.2 Å². The standard InChI is InChI=1S/C10H12ClNO2/c1-2-7-5-8(13)3-4-9(7)12-10(14)6-11/h3-5,13H,2,6H2,1H3,(H,12,14). The van der Waals surface area contributed by atoms with Gasteiger partial charge in [-0.05, 0) is 30.2 Å². The molecule has 1 aromatic carbocycles. The molecule has 2 N–H and O–H groups in total. The van der Waals surface area contributed by atoms with Crippen LogP contribution < -0.4 is 5.32 Å². The molecule has 76 valence electrons. The van der Waals surface area contributed by atoms with Crippen molar-refractivity contribution in [3.05, 3.63) is 23.8 Å². The average Bonchev–Trinajstić information content (AvgIpc) is 2.20. The highest BCUT2D eigenvalue weighted by Gasteiger charge is 2.05. The predicted molar refractivity (Wildman–Crippen MR) is 56.8 cm³/mol. The minimum absolute atomic E-state index is 0.0654. The third kappa shape index (κ3) is 2.64. The first-order valence-electron chi connectivity index (χ1n) is 4.35. The molecular formula is C10H12ClNO2. The fraction of sp³-hybridized carbons (Fsp3) is 0.300. The van der Waals surface area contributed by atoms with Crippen molar-refractivity contribution in [1.29, 1.82) is 0 Å². The monoisotopic (exact) mass is 213 g/mol. The van der Waals surface area contributed by atoms with Gasteiger partial charge >= 0.3 is 0 Å². The van der Waals surface area contributed by atoms with Crippen molar-refractivity contribution in [2.45, 2.75) is 13.3 Å². The summed E-state index contributed by atoms with van der Waals surface area (Å²) in [6, 6.07) is 4.82. The van der Waals surface area contributed by atoms with E-state index < -0.39 is 0 Å². The number of anilines is 1. The van der Waals surface area contributed by atoms with Crippen molar-refractivity contribution < 1.29 is 9.90 Å². The van der Waals surface area contributed by atoms with E-state index in [9.17, 15) is 9.90 Å². The lowest BCUT2D eigenvalue weighted by Gasteiger charge is -2.08. The van der Waals surface area contributed by atoms with Gasteiger partial charge in [-0.15, -0.1) is 11.6 Å². The molecule has 0 heterocycles. The Morgan fingerprint density at radius 1 is 1.57 bits per heavy atom. The van der Waals surface area contributed by atoms with E-state index in [1.807, 2.05) is 6.92 Å². The van der Waals surface area contributed by atoms with Crippen LogP contribution in [0.3, 0.4) is 0 Å². The second kappa shape index (κ2) is 4.86. The molecule has 0 unspecified atom stereocenters. The molecule has 0 aliphatic heterocycles. The second-order valence-electron chi connectivity index (χ2n) is 2.88. The molecule has 0 spiro atoms. The predicted octanol–water partition coefficient (Wildman–Crippen LogP) is 2.13. The first kappa shape index (κ1) is 10.9. The zero-order chi connectivity index (χ0) is 10.6. The Morgan fingerprint density at radius 3 is 2.86 bits per heavy atom. The molecule has 3 nitrogen and oxygen atoms in total. The molecular weight excluding hydrogens is 202 g/mol. The van der Waals surface area contributed by atoms with Gasteiger partial charge in [0.25, 0.3) is 0 Å². The van der Waals surface area contributed by atoms with Crippen LogP contribution in [0.25, 0.3) is 0 Å². The largest absolute Gasteiger partial charge is 0.508 e. The molecule has 0 aromatic heterocycles. The molecule has 0 saturated carbocycles. The Balaban J connectivity index is 2.90. The number of halogens is 1. The van der Waals surface area contributed by atoms with Gasteiger partial charge in [-0.3, -0.25) is 4.79 Å². The van der Waals surface area contributed by atoms with E-state index in [-0.39, 0.29) is 17.5 Å². The summed E-state index contributed by atoms with van der Waals surface area (Å²) in [6.45, 7) is 1.95. The van der Waals surface area contributed by atoms with Crippen molar-refractivity contribution in [2.24, 2.45) is 0 Å². The highest BCUT2D eigenvalue weighted by atomic mass is 35.5. The number of phenols is 1. The number of alkyl halides is 1. The van der Waals surface area contributed by atoms with Gasteiger partial charge in [0.2, 0.25) is 5.91 Å². The number of nitrogens with one attached hydrogen (secondary N) is 1. The Labute approximate surface area is 87.7 Å². The third-order valence-corrected chi connectivity index (χ3v) is 2.11. The molecule has 4 heteroatoms. The van der Waals surface area contributed by atoms with Gasteiger partial charge in [0.1, 0.15) is 11.6 Å². The molecule has 0 aliphatic rings. The first-order chi connectivity index (χ1) is 6.67. The molecule has 1 amide bonds. The van der Waals surface area contributed by atoms with Gasteiger partial charge in [0, 0.05) is 5.69 Å². The maximum Gasteiger partial charge on any atom is 0.239 e. The molecule has 0 atom stereocenters. The fourth-order valence-corrected chi connectivity index (χ4v) is 1.25. The number of aromatic hydroxyl groups is 1. The number of carbonyl (C=O) groups is 1. The highest BCUT2D eigenvalue weighted by Crippen LogP contribution is 2.21. The summed E-state index contributed by atoms with van der Waals surface area (Å²) >= 11 is 5.37. The van der Waals surface area contributed by atoms with Crippen molar-refractivity contribution in [1.82, 2.24) is 0 Å². The summed E-state index contributed by atoms with van der Waals surface area (Å²) < 4.78 is 0. The maximum absolute atomic E-state index is 11.0. The minimum atomic E-state index is -0.243. The van der Waals surface area contributed by atoms with E-state index in [2.05, 4.69) is 5.32 Å². The summed E-state index contributed by atoms with van der Waals surface area (Å²) in [7, 11) is 0. The van der Waals surface area contributed by atoms with Gasteiger partial charge < -0.3 is 10.4 Å². The summed E-state index contributed by atoms with van der Waals surface area (Å²) in [4.78, 5) is 11.0. The van der Waals surface area contributed by atoms with E-state index in [0.29, 0.717) is 5.69 Å².